The van der Waals surface area contributed by atoms with E-state index in [1.54, 1.807) is 0 Å². The number of rotatable bonds is 1. The van der Waals surface area contributed by atoms with Gasteiger partial charge in [-0.1, -0.05) is 0 Å². The van der Waals surface area contributed by atoms with Crippen LogP contribution >= 0.6 is 0 Å². The van der Waals surface area contributed by atoms with Crippen molar-refractivity contribution < 1.29 is 14.4 Å². The van der Waals surface area contributed by atoms with E-state index in [4.69, 9.17) is 0 Å². The van der Waals surface area contributed by atoms with Crippen LogP contribution in [0.15, 0.2) is 18.7 Å². The maximum atomic E-state index is 11.4. The van der Waals surface area contributed by atoms with Gasteiger partial charge >= 0.3 is 6.03 Å². The third-order valence-electron chi connectivity index (χ3n) is 1.78. The molecule has 2 N–H and O–H groups in total. The SMILES string of the molecule is O=C1NOC[C@H]1NC(=O)n1ccnc1. The Balaban J connectivity index is 1.98. The van der Waals surface area contributed by atoms with E-state index in [0.29, 0.717) is 0 Å². The Morgan fingerprint density at radius 1 is 1.79 bits per heavy atom. The largest absolute Gasteiger partial charge is 0.327 e. The average molecular weight is 196 g/mol. The predicted molar refractivity (Wildman–Crippen MR) is 44.0 cm³/mol. The van der Waals surface area contributed by atoms with Gasteiger partial charge in [0.25, 0.3) is 5.91 Å². The molecule has 0 spiro atoms. The minimum absolute atomic E-state index is 0.138. The summed E-state index contributed by atoms with van der Waals surface area (Å²) >= 11 is 0. The maximum Gasteiger partial charge on any atom is 0.327 e. The molecule has 0 bridgehead atoms. The highest BCUT2D eigenvalue weighted by molar-refractivity contribution is 5.88. The molecule has 1 aliphatic heterocycles. The predicted octanol–water partition coefficient (Wildman–Crippen LogP) is -1.13. The van der Waals surface area contributed by atoms with Crippen molar-refractivity contribution in [3.8, 4) is 0 Å². The molecule has 0 aliphatic carbocycles. The highest BCUT2D eigenvalue weighted by Gasteiger charge is 2.27. The second kappa shape index (κ2) is 3.46. The van der Waals surface area contributed by atoms with Crippen molar-refractivity contribution in [2.45, 2.75) is 6.04 Å². The fourth-order valence-electron chi connectivity index (χ4n) is 1.05. The van der Waals surface area contributed by atoms with Crippen molar-refractivity contribution in [2.75, 3.05) is 6.61 Å². The lowest BCUT2D eigenvalue weighted by Crippen LogP contribution is -2.43. The molecule has 0 saturated carbocycles. The van der Waals surface area contributed by atoms with Gasteiger partial charge in [-0.05, 0) is 0 Å². The Hall–Kier alpha value is -1.89. The smallest absolute Gasteiger partial charge is 0.323 e. The van der Waals surface area contributed by atoms with Crippen LogP contribution in [0.2, 0.25) is 0 Å². The van der Waals surface area contributed by atoms with E-state index >= 15 is 0 Å². The monoisotopic (exact) mass is 196 g/mol. The van der Waals surface area contributed by atoms with Crippen molar-refractivity contribution in [1.29, 1.82) is 0 Å². The summed E-state index contributed by atoms with van der Waals surface area (Å²) < 4.78 is 1.24. The molecule has 7 nitrogen and oxygen atoms in total. The summed E-state index contributed by atoms with van der Waals surface area (Å²) in [6, 6.07) is -1.04. The Morgan fingerprint density at radius 2 is 2.64 bits per heavy atom. The zero-order chi connectivity index (χ0) is 9.97. The number of carbonyl (C=O) groups excluding carboxylic acids is 2. The van der Waals surface area contributed by atoms with Gasteiger partial charge in [0.1, 0.15) is 19.0 Å². The van der Waals surface area contributed by atoms with E-state index in [9.17, 15) is 9.59 Å². The van der Waals surface area contributed by atoms with Gasteiger partial charge in [0, 0.05) is 12.4 Å². The molecule has 2 heterocycles. The zero-order valence-corrected chi connectivity index (χ0v) is 7.14. The average Bonchev–Trinajstić information content (AvgIpc) is 2.77. The molecule has 1 aromatic heterocycles. The first-order valence-corrected chi connectivity index (χ1v) is 3.98. The van der Waals surface area contributed by atoms with Crippen molar-refractivity contribution in [3.05, 3.63) is 18.7 Å². The molecular weight excluding hydrogens is 188 g/mol. The van der Waals surface area contributed by atoms with Crippen LogP contribution in [0.5, 0.6) is 0 Å². The number of carbonyl (C=O) groups is 2. The summed E-state index contributed by atoms with van der Waals surface area (Å²) in [4.78, 5) is 30.7. The van der Waals surface area contributed by atoms with Gasteiger partial charge in [-0.2, -0.15) is 0 Å². The highest BCUT2D eigenvalue weighted by atomic mass is 16.7. The number of imidazole rings is 1. The van der Waals surface area contributed by atoms with Crippen LogP contribution in [0.4, 0.5) is 4.79 Å². The molecule has 0 unspecified atom stereocenters. The van der Waals surface area contributed by atoms with Crippen molar-refractivity contribution in [3.63, 3.8) is 0 Å². The molecule has 1 aromatic rings. The Bertz CT molecular complexity index is 348. The van der Waals surface area contributed by atoms with E-state index in [2.05, 4.69) is 20.6 Å². The van der Waals surface area contributed by atoms with E-state index in [1.165, 1.54) is 23.3 Å². The lowest BCUT2D eigenvalue weighted by atomic mass is 10.3. The fourth-order valence-corrected chi connectivity index (χ4v) is 1.05. The zero-order valence-electron chi connectivity index (χ0n) is 7.14. The van der Waals surface area contributed by atoms with Gasteiger partial charge in [-0.3, -0.25) is 14.2 Å². The molecule has 14 heavy (non-hydrogen) atoms. The van der Waals surface area contributed by atoms with Gasteiger partial charge in [-0.25, -0.2) is 15.3 Å². The molecule has 0 radical (unpaired) electrons. The fraction of sp³-hybridized carbons (Fsp3) is 0.286. The third kappa shape index (κ3) is 1.57. The van der Waals surface area contributed by atoms with Crippen LogP contribution in [0.25, 0.3) is 0 Å². The maximum absolute atomic E-state index is 11.4. The number of hydrogen-bond donors (Lipinski definition) is 2. The summed E-state index contributed by atoms with van der Waals surface area (Å²) in [5.74, 6) is -0.349. The molecule has 0 aromatic carbocycles. The molecule has 7 heteroatoms. The standard InChI is InChI=1S/C7H8N4O3/c12-6-5(3-14-10-6)9-7(13)11-2-1-8-4-11/h1-2,4-5H,3H2,(H,9,13)(H,10,12)/t5-/m1/s1. The van der Waals surface area contributed by atoms with Crippen LogP contribution in [0.3, 0.4) is 0 Å². The quantitative estimate of drug-likeness (QED) is 0.595. The van der Waals surface area contributed by atoms with Gasteiger partial charge in [0.15, 0.2) is 0 Å². The van der Waals surface area contributed by atoms with Crippen molar-refractivity contribution >= 4 is 11.9 Å². The highest BCUT2D eigenvalue weighted by Crippen LogP contribution is 1.95. The Morgan fingerprint density at radius 3 is 3.21 bits per heavy atom. The normalized spacial score (nSPS) is 20.6. The number of nitrogens with zero attached hydrogens (tertiary/aromatic N) is 2. The van der Waals surface area contributed by atoms with Crippen LogP contribution in [-0.4, -0.2) is 34.1 Å². The van der Waals surface area contributed by atoms with Crippen LogP contribution < -0.4 is 10.8 Å². The number of aromatic nitrogens is 2. The first-order valence-electron chi connectivity index (χ1n) is 3.98. The van der Waals surface area contributed by atoms with Crippen LogP contribution in [0, 0.1) is 0 Å². The van der Waals surface area contributed by atoms with Gasteiger partial charge in [0.2, 0.25) is 0 Å². The second-order valence-electron chi connectivity index (χ2n) is 2.75. The molecule has 2 amide bonds. The molecular formula is C7H8N4O3. The topological polar surface area (TPSA) is 85.3 Å². The lowest BCUT2D eigenvalue weighted by Gasteiger charge is -2.07. The molecule has 2 rings (SSSR count). The Kier molecular flexibility index (Phi) is 2.15. The molecule has 1 atom stereocenters. The van der Waals surface area contributed by atoms with E-state index in [-0.39, 0.29) is 12.5 Å². The number of nitrogens with one attached hydrogen (secondary N) is 2. The second-order valence-corrected chi connectivity index (χ2v) is 2.75. The summed E-state index contributed by atoms with van der Waals surface area (Å²) in [5, 5.41) is 2.48. The van der Waals surface area contributed by atoms with E-state index in [1.807, 2.05) is 0 Å². The minimum Gasteiger partial charge on any atom is -0.323 e. The summed E-state index contributed by atoms with van der Waals surface area (Å²) in [7, 11) is 0. The minimum atomic E-state index is -0.634. The summed E-state index contributed by atoms with van der Waals surface area (Å²) in [5.41, 5.74) is 2.14. The van der Waals surface area contributed by atoms with E-state index < -0.39 is 12.1 Å². The first kappa shape index (κ1) is 8.70. The summed E-state index contributed by atoms with van der Waals surface area (Å²) in [6.07, 6.45) is 4.32. The first-order chi connectivity index (χ1) is 6.77. The van der Waals surface area contributed by atoms with E-state index in [0.717, 1.165) is 0 Å². The number of amides is 2. The summed E-state index contributed by atoms with van der Waals surface area (Å²) in [6.45, 7) is 0.138. The molecule has 1 fully saturated rings. The van der Waals surface area contributed by atoms with Crippen molar-refractivity contribution in [1.82, 2.24) is 20.3 Å². The van der Waals surface area contributed by atoms with Gasteiger partial charge in [-0.15, -0.1) is 0 Å². The Labute approximate surface area is 79.0 Å². The van der Waals surface area contributed by atoms with Crippen molar-refractivity contribution in [2.24, 2.45) is 0 Å². The van der Waals surface area contributed by atoms with Crippen LogP contribution in [0.1, 0.15) is 0 Å². The molecule has 1 saturated heterocycles. The molecule has 74 valence electrons. The number of hydroxylamine groups is 1. The van der Waals surface area contributed by atoms with Crippen LogP contribution in [-0.2, 0) is 9.63 Å². The lowest BCUT2D eigenvalue weighted by molar-refractivity contribution is -0.124. The van der Waals surface area contributed by atoms with Gasteiger partial charge < -0.3 is 5.32 Å². The number of hydrogen-bond acceptors (Lipinski definition) is 4. The third-order valence-corrected chi connectivity index (χ3v) is 1.78. The van der Waals surface area contributed by atoms with Gasteiger partial charge in [0.05, 0.1) is 0 Å². The molecule has 1 aliphatic rings.